The van der Waals surface area contributed by atoms with E-state index in [0.29, 0.717) is 21.6 Å². The maximum atomic E-state index is 8.44. The molecule has 0 aliphatic rings. The average molecular weight is 248 g/mol. The molecule has 0 saturated heterocycles. The predicted molar refractivity (Wildman–Crippen MR) is 63.7 cm³/mol. The molecule has 0 spiro atoms. The Morgan fingerprint density at radius 2 is 2.35 bits per heavy atom. The molecule has 84 valence electrons. The lowest BCUT2D eigenvalue weighted by atomic mass is 10.2. The highest BCUT2D eigenvalue weighted by Crippen LogP contribution is 2.30. The van der Waals surface area contributed by atoms with E-state index in [1.54, 1.807) is 18.3 Å². The van der Waals surface area contributed by atoms with Crippen molar-refractivity contribution in [2.24, 2.45) is 5.16 Å². The molecule has 1 aromatic carbocycles. The summed E-state index contributed by atoms with van der Waals surface area (Å²) in [4.78, 5) is 8.33. The van der Waals surface area contributed by atoms with Crippen molar-refractivity contribution < 1.29 is 9.62 Å². The van der Waals surface area contributed by atoms with Crippen LogP contribution < -0.4 is 0 Å². The van der Waals surface area contributed by atoms with E-state index in [1.165, 1.54) is 0 Å². The van der Waals surface area contributed by atoms with Gasteiger partial charge in [-0.05, 0) is 18.2 Å². The minimum absolute atomic E-state index is 0.205. The summed E-state index contributed by atoms with van der Waals surface area (Å²) in [7, 11) is 0. The first-order chi connectivity index (χ1) is 8.29. The summed E-state index contributed by atoms with van der Waals surface area (Å²) in [6.45, 7) is 0. The van der Waals surface area contributed by atoms with Crippen molar-refractivity contribution in [3.05, 3.63) is 35.3 Å². The van der Waals surface area contributed by atoms with Gasteiger partial charge in [-0.1, -0.05) is 16.8 Å². The summed E-state index contributed by atoms with van der Waals surface area (Å²) in [6.07, 6.45) is 2.77. The summed E-state index contributed by atoms with van der Waals surface area (Å²) in [5, 5.41) is 12.7. The number of halogens is 1. The average Bonchev–Trinajstić information content (AvgIpc) is 2.73. The van der Waals surface area contributed by atoms with Crippen molar-refractivity contribution in [1.29, 1.82) is 0 Å². The van der Waals surface area contributed by atoms with Crippen LogP contribution in [0, 0.1) is 0 Å². The third-order valence-corrected chi connectivity index (χ3v) is 2.69. The Kier molecular flexibility index (Phi) is 2.19. The molecule has 0 fully saturated rings. The highest BCUT2D eigenvalue weighted by molar-refractivity contribution is 6.36. The quantitative estimate of drug-likeness (QED) is 0.408. The van der Waals surface area contributed by atoms with Gasteiger partial charge in [0.25, 0.3) is 0 Å². The number of benzene rings is 1. The SMILES string of the molecule is ON=Cc1nc2cc(Cl)c3cccnc3c2o1. The molecule has 0 bridgehead atoms. The molecule has 2 aromatic heterocycles. The van der Waals surface area contributed by atoms with Gasteiger partial charge in [-0.25, -0.2) is 4.98 Å². The van der Waals surface area contributed by atoms with Crippen LogP contribution in [-0.2, 0) is 0 Å². The van der Waals surface area contributed by atoms with E-state index in [2.05, 4.69) is 15.1 Å². The van der Waals surface area contributed by atoms with E-state index >= 15 is 0 Å². The maximum Gasteiger partial charge on any atom is 0.242 e. The van der Waals surface area contributed by atoms with Crippen LogP contribution in [0.25, 0.3) is 22.0 Å². The maximum absolute atomic E-state index is 8.44. The van der Waals surface area contributed by atoms with Crippen LogP contribution in [0.15, 0.2) is 34.0 Å². The van der Waals surface area contributed by atoms with E-state index < -0.39 is 0 Å². The van der Waals surface area contributed by atoms with Crippen LogP contribution in [-0.4, -0.2) is 21.4 Å². The summed E-state index contributed by atoms with van der Waals surface area (Å²) in [5.74, 6) is 0.205. The van der Waals surface area contributed by atoms with Gasteiger partial charge in [-0.15, -0.1) is 0 Å². The number of oxime groups is 1. The second kappa shape index (κ2) is 3.71. The summed E-state index contributed by atoms with van der Waals surface area (Å²) >= 11 is 6.12. The molecule has 0 atom stereocenters. The van der Waals surface area contributed by atoms with Gasteiger partial charge in [-0.2, -0.15) is 0 Å². The molecule has 0 amide bonds. The molecule has 0 saturated carbocycles. The van der Waals surface area contributed by atoms with Gasteiger partial charge in [0.05, 0.1) is 5.02 Å². The third kappa shape index (κ3) is 1.52. The Morgan fingerprint density at radius 1 is 1.47 bits per heavy atom. The number of fused-ring (bicyclic) bond motifs is 3. The van der Waals surface area contributed by atoms with Crippen LogP contribution >= 0.6 is 11.6 Å². The minimum Gasteiger partial charge on any atom is -0.433 e. The zero-order chi connectivity index (χ0) is 11.8. The number of nitrogens with zero attached hydrogens (tertiary/aromatic N) is 3. The molecule has 0 unspecified atom stereocenters. The number of hydrogen-bond donors (Lipinski definition) is 1. The van der Waals surface area contributed by atoms with E-state index in [4.69, 9.17) is 21.2 Å². The van der Waals surface area contributed by atoms with Gasteiger partial charge in [0.1, 0.15) is 17.2 Å². The van der Waals surface area contributed by atoms with Gasteiger partial charge < -0.3 is 9.62 Å². The van der Waals surface area contributed by atoms with Crippen LogP contribution in [0.1, 0.15) is 5.89 Å². The lowest BCUT2D eigenvalue weighted by Crippen LogP contribution is -1.80. The summed E-state index contributed by atoms with van der Waals surface area (Å²) in [5.41, 5.74) is 1.75. The predicted octanol–water partition coefficient (Wildman–Crippen LogP) is 2.84. The fraction of sp³-hybridized carbons (Fsp3) is 0. The van der Waals surface area contributed by atoms with Crippen molar-refractivity contribution in [3.8, 4) is 0 Å². The number of hydrogen-bond acceptors (Lipinski definition) is 5. The third-order valence-electron chi connectivity index (χ3n) is 2.38. The van der Waals surface area contributed by atoms with E-state index in [0.717, 1.165) is 11.6 Å². The normalized spacial score (nSPS) is 11.8. The molecule has 6 heteroatoms. The Labute approximate surface area is 100 Å². The molecule has 0 aliphatic heterocycles. The number of rotatable bonds is 1. The first-order valence-electron chi connectivity index (χ1n) is 4.81. The minimum atomic E-state index is 0.205. The van der Waals surface area contributed by atoms with Crippen molar-refractivity contribution in [2.75, 3.05) is 0 Å². The molecule has 0 aliphatic carbocycles. The fourth-order valence-electron chi connectivity index (χ4n) is 1.70. The second-order valence-electron chi connectivity index (χ2n) is 3.40. The topological polar surface area (TPSA) is 71.5 Å². The van der Waals surface area contributed by atoms with Gasteiger partial charge in [0, 0.05) is 11.6 Å². The molecule has 0 radical (unpaired) electrons. The van der Waals surface area contributed by atoms with Crippen molar-refractivity contribution in [1.82, 2.24) is 9.97 Å². The highest BCUT2D eigenvalue weighted by Gasteiger charge is 2.12. The largest absolute Gasteiger partial charge is 0.433 e. The Balaban J connectivity index is 2.46. The van der Waals surface area contributed by atoms with Crippen molar-refractivity contribution >= 4 is 39.8 Å². The van der Waals surface area contributed by atoms with Gasteiger partial charge in [-0.3, -0.25) is 4.98 Å². The van der Waals surface area contributed by atoms with Crippen LogP contribution in [0.4, 0.5) is 0 Å². The first kappa shape index (κ1) is 10.0. The Bertz CT molecular complexity index is 736. The Hall–Kier alpha value is -2.14. The molecular weight excluding hydrogens is 242 g/mol. The van der Waals surface area contributed by atoms with Crippen molar-refractivity contribution in [3.63, 3.8) is 0 Å². The van der Waals surface area contributed by atoms with Crippen LogP contribution in [0.2, 0.25) is 5.02 Å². The molecule has 1 N–H and O–H groups in total. The molecular formula is C11H6ClN3O2. The zero-order valence-electron chi connectivity index (χ0n) is 8.46. The Morgan fingerprint density at radius 3 is 3.18 bits per heavy atom. The first-order valence-corrected chi connectivity index (χ1v) is 5.18. The molecule has 5 nitrogen and oxygen atoms in total. The number of aromatic nitrogens is 2. The molecule has 2 heterocycles. The fourth-order valence-corrected chi connectivity index (χ4v) is 1.95. The lowest BCUT2D eigenvalue weighted by molar-refractivity contribution is 0.320. The van der Waals surface area contributed by atoms with Gasteiger partial charge >= 0.3 is 0 Å². The van der Waals surface area contributed by atoms with E-state index in [9.17, 15) is 0 Å². The highest BCUT2D eigenvalue weighted by atomic mass is 35.5. The lowest BCUT2D eigenvalue weighted by Gasteiger charge is -1.98. The molecule has 3 rings (SSSR count). The smallest absolute Gasteiger partial charge is 0.242 e. The number of oxazole rings is 1. The van der Waals surface area contributed by atoms with E-state index in [-0.39, 0.29) is 5.89 Å². The van der Waals surface area contributed by atoms with Gasteiger partial charge in [0.15, 0.2) is 5.58 Å². The van der Waals surface area contributed by atoms with Gasteiger partial charge in [0.2, 0.25) is 5.89 Å². The summed E-state index contributed by atoms with van der Waals surface area (Å²) < 4.78 is 5.44. The molecule has 3 aromatic rings. The van der Waals surface area contributed by atoms with Crippen LogP contribution in [0.5, 0.6) is 0 Å². The van der Waals surface area contributed by atoms with Crippen LogP contribution in [0.3, 0.4) is 0 Å². The standard InChI is InChI=1S/C11H6ClN3O2/c12-7-4-8-11(17-9(15-8)5-14-16)10-6(7)2-1-3-13-10/h1-5,16H. The second-order valence-corrected chi connectivity index (χ2v) is 3.81. The van der Waals surface area contributed by atoms with E-state index in [1.807, 2.05) is 6.07 Å². The number of pyridine rings is 1. The zero-order valence-corrected chi connectivity index (χ0v) is 9.22. The molecule has 17 heavy (non-hydrogen) atoms. The van der Waals surface area contributed by atoms with Crippen molar-refractivity contribution in [2.45, 2.75) is 0 Å². The monoisotopic (exact) mass is 247 g/mol. The summed E-state index contributed by atoms with van der Waals surface area (Å²) in [6, 6.07) is 5.35.